The zero-order valence-electron chi connectivity index (χ0n) is 17.9. The van der Waals surface area contributed by atoms with Gasteiger partial charge in [0.25, 0.3) is 5.91 Å². The number of carbonyl (C=O) groups excluding carboxylic acids is 3. The van der Waals surface area contributed by atoms with Crippen LogP contribution in [0.1, 0.15) is 17.5 Å². The van der Waals surface area contributed by atoms with Gasteiger partial charge >= 0.3 is 5.97 Å². The Balaban J connectivity index is 1.90. The number of hydrogen-bond donors (Lipinski definition) is 1. The third-order valence-electron chi connectivity index (χ3n) is 5.32. The number of carboxylic acids is 1. The van der Waals surface area contributed by atoms with E-state index in [-0.39, 0.29) is 13.0 Å². The number of ether oxygens (including phenoxy) is 1. The SMILES string of the molecule is COc1ccccc1CCN(C(=O)/C=C/C(=O)O)[C@H]1CC(=O)N(c2ccccc2C)C1=O. The van der Waals surface area contributed by atoms with Gasteiger partial charge in [0.1, 0.15) is 11.8 Å². The summed E-state index contributed by atoms with van der Waals surface area (Å²) in [5.74, 6) is -2.22. The van der Waals surface area contributed by atoms with Crippen molar-refractivity contribution in [1.29, 1.82) is 0 Å². The number of benzene rings is 2. The zero-order valence-corrected chi connectivity index (χ0v) is 17.9. The topological polar surface area (TPSA) is 104 Å². The average Bonchev–Trinajstić information content (AvgIpc) is 3.06. The Morgan fingerprint density at radius 3 is 2.50 bits per heavy atom. The van der Waals surface area contributed by atoms with Crippen LogP contribution < -0.4 is 9.64 Å². The number of para-hydroxylation sites is 2. The highest BCUT2D eigenvalue weighted by molar-refractivity contribution is 6.23. The van der Waals surface area contributed by atoms with E-state index in [1.165, 1.54) is 12.0 Å². The minimum Gasteiger partial charge on any atom is -0.496 e. The predicted molar refractivity (Wildman–Crippen MR) is 117 cm³/mol. The van der Waals surface area contributed by atoms with Gasteiger partial charge in [0, 0.05) is 18.7 Å². The average molecular weight is 436 g/mol. The summed E-state index contributed by atoms with van der Waals surface area (Å²) < 4.78 is 5.34. The molecule has 1 aliphatic rings. The minimum absolute atomic E-state index is 0.106. The van der Waals surface area contributed by atoms with Gasteiger partial charge in [-0.1, -0.05) is 36.4 Å². The van der Waals surface area contributed by atoms with Crippen LogP contribution in [0.2, 0.25) is 0 Å². The normalized spacial score (nSPS) is 15.9. The first-order valence-corrected chi connectivity index (χ1v) is 10.1. The van der Waals surface area contributed by atoms with Gasteiger partial charge in [0.2, 0.25) is 11.8 Å². The number of anilines is 1. The van der Waals surface area contributed by atoms with E-state index >= 15 is 0 Å². The first-order valence-electron chi connectivity index (χ1n) is 10.1. The number of nitrogens with zero attached hydrogens (tertiary/aromatic N) is 2. The van der Waals surface area contributed by atoms with Gasteiger partial charge in [-0.25, -0.2) is 9.69 Å². The number of amides is 3. The fraction of sp³-hybridized carbons (Fsp3) is 0.250. The molecule has 0 radical (unpaired) electrons. The molecule has 8 nitrogen and oxygen atoms in total. The molecule has 2 aromatic carbocycles. The third kappa shape index (κ3) is 4.85. The molecule has 1 atom stereocenters. The van der Waals surface area contributed by atoms with Gasteiger partial charge in [-0.2, -0.15) is 0 Å². The highest BCUT2D eigenvalue weighted by Crippen LogP contribution is 2.29. The minimum atomic E-state index is -1.28. The van der Waals surface area contributed by atoms with Crippen molar-refractivity contribution < 1.29 is 29.0 Å². The van der Waals surface area contributed by atoms with E-state index in [4.69, 9.17) is 9.84 Å². The number of carbonyl (C=O) groups is 4. The second-order valence-corrected chi connectivity index (χ2v) is 7.34. The quantitative estimate of drug-likeness (QED) is 0.503. The molecule has 1 fully saturated rings. The summed E-state index contributed by atoms with van der Waals surface area (Å²) in [5, 5.41) is 8.90. The summed E-state index contributed by atoms with van der Waals surface area (Å²) in [5.41, 5.74) is 2.05. The van der Waals surface area contributed by atoms with Crippen LogP contribution in [0.4, 0.5) is 5.69 Å². The monoisotopic (exact) mass is 436 g/mol. The molecule has 1 N–H and O–H groups in total. The molecule has 0 saturated carbocycles. The van der Waals surface area contributed by atoms with Crippen molar-refractivity contribution in [2.75, 3.05) is 18.6 Å². The van der Waals surface area contributed by atoms with E-state index in [2.05, 4.69) is 0 Å². The van der Waals surface area contributed by atoms with Crippen LogP contribution in [-0.2, 0) is 25.6 Å². The molecule has 3 rings (SSSR count). The van der Waals surface area contributed by atoms with Gasteiger partial charge in [-0.05, 0) is 36.6 Å². The van der Waals surface area contributed by atoms with Gasteiger partial charge in [-0.15, -0.1) is 0 Å². The first-order chi connectivity index (χ1) is 15.3. The van der Waals surface area contributed by atoms with E-state index in [1.54, 1.807) is 37.3 Å². The summed E-state index contributed by atoms with van der Waals surface area (Å²) in [6.45, 7) is 1.90. The Kier molecular flexibility index (Phi) is 7.04. The fourth-order valence-electron chi connectivity index (χ4n) is 3.74. The molecule has 1 heterocycles. The zero-order chi connectivity index (χ0) is 23.3. The van der Waals surface area contributed by atoms with Crippen molar-refractivity contribution in [1.82, 2.24) is 4.90 Å². The van der Waals surface area contributed by atoms with Crippen LogP contribution in [0.3, 0.4) is 0 Å². The van der Waals surface area contributed by atoms with Crippen LogP contribution in [0.15, 0.2) is 60.7 Å². The number of imide groups is 1. The molecule has 1 saturated heterocycles. The van der Waals surface area contributed by atoms with E-state index in [1.807, 2.05) is 18.2 Å². The van der Waals surface area contributed by atoms with Crippen molar-refractivity contribution in [2.45, 2.75) is 25.8 Å². The summed E-state index contributed by atoms with van der Waals surface area (Å²) in [4.78, 5) is 52.1. The molecule has 3 amide bonds. The second kappa shape index (κ2) is 9.91. The van der Waals surface area contributed by atoms with Crippen molar-refractivity contribution in [3.63, 3.8) is 0 Å². The molecular weight excluding hydrogens is 412 g/mol. The molecule has 0 aliphatic carbocycles. The lowest BCUT2D eigenvalue weighted by atomic mass is 10.1. The van der Waals surface area contributed by atoms with Crippen LogP contribution in [-0.4, -0.2) is 53.4 Å². The molecule has 32 heavy (non-hydrogen) atoms. The molecule has 166 valence electrons. The lowest BCUT2D eigenvalue weighted by Gasteiger charge is -2.27. The molecule has 0 aromatic heterocycles. The number of methoxy groups -OCH3 is 1. The van der Waals surface area contributed by atoms with Crippen LogP contribution in [0, 0.1) is 6.92 Å². The van der Waals surface area contributed by atoms with Gasteiger partial charge in [-0.3, -0.25) is 14.4 Å². The van der Waals surface area contributed by atoms with Crippen molar-refractivity contribution in [3.05, 3.63) is 71.8 Å². The van der Waals surface area contributed by atoms with Crippen molar-refractivity contribution in [3.8, 4) is 5.75 Å². The smallest absolute Gasteiger partial charge is 0.328 e. The molecular formula is C24H24N2O6. The highest BCUT2D eigenvalue weighted by atomic mass is 16.5. The Morgan fingerprint density at radius 1 is 1.12 bits per heavy atom. The standard InChI is InChI=1S/C24H24N2O6/c1-16-7-3-5-9-18(16)26-22(28)15-19(24(26)31)25(21(27)11-12-23(29)30)14-13-17-8-4-6-10-20(17)32-2/h3-12,19H,13-15H2,1-2H3,(H,29,30)/b12-11+/t19-/m0/s1. The molecule has 1 aliphatic heterocycles. The summed E-state index contributed by atoms with van der Waals surface area (Å²) >= 11 is 0. The summed E-state index contributed by atoms with van der Waals surface area (Å²) in [7, 11) is 1.54. The molecule has 0 spiro atoms. The van der Waals surface area contributed by atoms with Crippen LogP contribution >= 0.6 is 0 Å². The van der Waals surface area contributed by atoms with E-state index < -0.39 is 29.7 Å². The third-order valence-corrected chi connectivity index (χ3v) is 5.32. The highest BCUT2D eigenvalue weighted by Gasteiger charge is 2.44. The molecule has 8 heteroatoms. The van der Waals surface area contributed by atoms with Gasteiger partial charge in [0.15, 0.2) is 0 Å². The first kappa shape index (κ1) is 22.7. The largest absolute Gasteiger partial charge is 0.496 e. The molecule has 0 bridgehead atoms. The maximum atomic E-state index is 13.2. The Labute approximate surface area is 185 Å². The maximum absolute atomic E-state index is 13.2. The molecule has 2 aromatic rings. The van der Waals surface area contributed by atoms with Gasteiger partial charge < -0.3 is 14.7 Å². The Morgan fingerprint density at radius 2 is 1.81 bits per heavy atom. The van der Waals surface area contributed by atoms with Crippen LogP contribution in [0.5, 0.6) is 5.75 Å². The number of carboxylic acid groups (broad SMARTS) is 1. The second-order valence-electron chi connectivity index (χ2n) is 7.34. The van der Waals surface area contributed by atoms with E-state index in [0.717, 1.165) is 28.2 Å². The fourth-order valence-corrected chi connectivity index (χ4v) is 3.74. The van der Waals surface area contributed by atoms with E-state index in [0.29, 0.717) is 17.9 Å². The number of aryl methyl sites for hydroxylation is 1. The number of aliphatic carboxylic acids is 1. The summed E-state index contributed by atoms with van der Waals surface area (Å²) in [6.07, 6.45) is 1.81. The maximum Gasteiger partial charge on any atom is 0.328 e. The Bertz CT molecular complexity index is 1080. The van der Waals surface area contributed by atoms with E-state index in [9.17, 15) is 19.2 Å². The van der Waals surface area contributed by atoms with Crippen molar-refractivity contribution in [2.24, 2.45) is 0 Å². The number of hydrogen-bond acceptors (Lipinski definition) is 5. The van der Waals surface area contributed by atoms with Crippen molar-refractivity contribution >= 4 is 29.4 Å². The molecule has 0 unspecified atom stereocenters. The lowest BCUT2D eigenvalue weighted by Crippen LogP contribution is -2.46. The van der Waals surface area contributed by atoms with Gasteiger partial charge in [0.05, 0.1) is 19.2 Å². The van der Waals surface area contributed by atoms with Crippen LogP contribution in [0.25, 0.3) is 0 Å². The predicted octanol–water partition coefficient (Wildman–Crippen LogP) is 2.35. The Hall–Kier alpha value is -3.94. The summed E-state index contributed by atoms with van der Waals surface area (Å²) in [6, 6.07) is 13.3. The lowest BCUT2D eigenvalue weighted by molar-refractivity contribution is -0.135. The number of rotatable bonds is 8.